The van der Waals surface area contributed by atoms with Crippen molar-refractivity contribution < 1.29 is 4.79 Å². The molecule has 0 aromatic carbocycles. The van der Waals surface area contributed by atoms with Gasteiger partial charge in [-0.3, -0.25) is 14.2 Å². The Morgan fingerprint density at radius 3 is 2.78 bits per heavy atom. The van der Waals surface area contributed by atoms with Crippen LogP contribution < -0.4 is 10.9 Å². The van der Waals surface area contributed by atoms with E-state index in [4.69, 9.17) is 23.2 Å². The van der Waals surface area contributed by atoms with Crippen molar-refractivity contribution >= 4 is 29.1 Å². The molecule has 1 aromatic rings. The zero-order valence-corrected chi connectivity index (χ0v) is 11.2. The standard InChI is InChI=1S/C11H13Cl2N3O2/c12-9-10(13)14-6-16(11(9)18)5-8(17)15-7-3-1-2-4-7/h6-7H,1-5H2,(H,15,17). The minimum absolute atomic E-state index is 0.0471. The third-order valence-corrected chi connectivity index (χ3v) is 3.70. The highest BCUT2D eigenvalue weighted by Crippen LogP contribution is 2.17. The second-order valence-corrected chi connectivity index (χ2v) is 5.07. The SMILES string of the molecule is O=C(Cn1cnc(Cl)c(Cl)c1=O)NC1CCCC1. The Morgan fingerprint density at radius 1 is 1.44 bits per heavy atom. The van der Waals surface area contributed by atoms with Gasteiger partial charge in [0.25, 0.3) is 5.56 Å². The van der Waals surface area contributed by atoms with Crippen molar-refractivity contribution in [1.29, 1.82) is 0 Å². The molecule has 1 saturated carbocycles. The van der Waals surface area contributed by atoms with E-state index in [0.717, 1.165) is 30.3 Å². The van der Waals surface area contributed by atoms with E-state index >= 15 is 0 Å². The highest BCUT2D eigenvalue weighted by molar-refractivity contribution is 6.40. The molecule has 0 atom stereocenters. The lowest BCUT2D eigenvalue weighted by molar-refractivity contribution is -0.122. The molecule has 1 aliphatic carbocycles. The van der Waals surface area contributed by atoms with Crippen molar-refractivity contribution in [3.8, 4) is 0 Å². The van der Waals surface area contributed by atoms with E-state index in [-0.39, 0.29) is 28.7 Å². The first-order valence-electron chi connectivity index (χ1n) is 5.77. The normalized spacial score (nSPS) is 15.9. The van der Waals surface area contributed by atoms with Gasteiger partial charge in [0.15, 0.2) is 5.15 Å². The zero-order chi connectivity index (χ0) is 13.1. The van der Waals surface area contributed by atoms with Gasteiger partial charge < -0.3 is 5.32 Å². The van der Waals surface area contributed by atoms with Crippen LogP contribution >= 0.6 is 23.2 Å². The molecule has 1 aromatic heterocycles. The Hall–Kier alpha value is -1.07. The number of nitrogens with zero attached hydrogens (tertiary/aromatic N) is 2. The molecule has 18 heavy (non-hydrogen) atoms. The highest BCUT2D eigenvalue weighted by Gasteiger charge is 2.18. The van der Waals surface area contributed by atoms with Gasteiger partial charge in [0.1, 0.15) is 11.6 Å². The van der Waals surface area contributed by atoms with Gasteiger partial charge in [-0.1, -0.05) is 36.0 Å². The van der Waals surface area contributed by atoms with Crippen LogP contribution in [-0.2, 0) is 11.3 Å². The fraction of sp³-hybridized carbons (Fsp3) is 0.545. The molecule has 5 nitrogen and oxygen atoms in total. The minimum Gasteiger partial charge on any atom is -0.352 e. The van der Waals surface area contributed by atoms with Crippen molar-refractivity contribution in [2.45, 2.75) is 38.3 Å². The molecule has 7 heteroatoms. The molecule has 1 N–H and O–H groups in total. The third kappa shape index (κ3) is 3.03. The Morgan fingerprint density at radius 2 is 2.11 bits per heavy atom. The summed E-state index contributed by atoms with van der Waals surface area (Å²) in [4.78, 5) is 27.2. The maximum absolute atomic E-state index is 11.7. The van der Waals surface area contributed by atoms with E-state index in [2.05, 4.69) is 10.3 Å². The number of aromatic nitrogens is 2. The molecule has 2 rings (SSSR count). The Balaban J connectivity index is 2.03. The molecule has 0 aliphatic heterocycles. The van der Waals surface area contributed by atoms with E-state index in [1.165, 1.54) is 6.33 Å². The molecule has 1 amide bonds. The van der Waals surface area contributed by atoms with Gasteiger partial charge in [0.2, 0.25) is 5.91 Å². The molecule has 1 aliphatic rings. The fourth-order valence-electron chi connectivity index (χ4n) is 2.05. The van der Waals surface area contributed by atoms with Gasteiger partial charge in [-0.15, -0.1) is 0 Å². The second-order valence-electron chi connectivity index (χ2n) is 4.33. The van der Waals surface area contributed by atoms with E-state index in [1.807, 2.05) is 0 Å². The first-order chi connectivity index (χ1) is 8.58. The van der Waals surface area contributed by atoms with Gasteiger partial charge in [-0.05, 0) is 12.8 Å². The molecule has 1 fully saturated rings. The lowest BCUT2D eigenvalue weighted by atomic mass is 10.2. The number of hydrogen-bond donors (Lipinski definition) is 1. The van der Waals surface area contributed by atoms with Crippen LogP contribution in [0.3, 0.4) is 0 Å². The summed E-state index contributed by atoms with van der Waals surface area (Å²) < 4.78 is 1.15. The van der Waals surface area contributed by atoms with Crippen LogP contribution in [0.15, 0.2) is 11.1 Å². The molecular formula is C11H13Cl2N3O2. The Labute approximate surface area is 114 Å². The number of halogens is 2. The summed E-state index contributed by atoms with van der Waals surface area (Å²) in [5.74, 6) is -0.204. The molecule has 0 bridgehead atoms. The number of hydrogen-bond acceptors (Lipinski definition) is 3. The fourth-order valence-corrected chi connectivity index (χ4v) is 2.34. The van der Waals surface area contributed by atoms with Crippen LogP contribution in [0.5, 0.6) is 0 Å². The topological polar surface area (TPSA) is 64.0 Å². The van der Waals surface area contributed by atoms with Crippen LogP contribution in [0.2, 0.25) is 10.2 Å². The molecule has 0 radical (unpaired) electrons. The molecular weight excluding hydrogens is 277 g/mol. The highest BCUT2D eigenvalue weighted by atomic mass is 35.5. The first kappa shape index (κ1) is 13.4. The van der Waals surface area contributed by atoms with Crippen molar-refractivity contribution in [2.24, 2.45) is 0 Å². The molecule has 0 spiro atoms. The number of amides is 1. The summed E-state index contributed by atoms with van der Waals surface area (Å²) in [7, 11) is 0. The summed E-state index contributed by atoms with van der Waals surface area (Å²) >= 11 is 11.3. The molecule has 1 heterocycles. The number of rotatable bonds is 3. The average Bonchev–Trinajstić information content (AvgIpc) is 2.83. The van der Waals surface area contributed by atoms with Crippen molar-refractivity contribution in [3.05, 3.63) is 26.9 Å². The summed E-state index contributed by atoms with van der Waals surface area (Å²) in [6.07, 6.45) is 5.50. The van der Waals surface area contributed by atoms with Crippen molar-refractivity contribution in [2.75, 3.05) is 0 Å². The first-order valence-corrected chi connectivity index (χ1v) is 6.53. The summed E-state index contributed by atoms with van der Waals surface area (Å²) in [6, 6.07) is 0.226. The predicted molar refractivity (Wildman–Crippen MR) is 68.9 cm³/mol. The Bertz CT molecular complexity index is 510. The lowest BCUT2D eigenvalue weighted by Gasteiger charge is -2.12. The summed E-state index contributed by atoms with van der Waals surface area (Å²) in [5, 5.41) is 2.68. The van der Waals surface area contributed by atoms with Crippen LogP contribution in [0.25, 0.3) is 0 Å². The van der Waals surface area contributed by atoms with E-state index in [0.29, 0.717) is 0 Å². The number of carbonyl (C=O) groups is 1. The maximum Gasteiger partial charge on any atom is 0.274 e. The van der Waals surface area contributed by atoms with E-state index < -0.39 is 5.56 Å². The minimum atomic E-state index is -0.502. The zero-order valence-electron chi connectivity index (χ0n) is 9.66. The smallest absolute Gasteiger partial charge is 0.274 e. The third-order valence-electron chi connectivity index (χ3n) is 2.97. The number of nitrogens with one attached hydrogen (secondary N) is 1. The molecule has 0 unspecified atom stereocenters. The largest absolute Gasteiger partial charge is 0.352 e. The van der Waals surface area contributed by atoms with Crippen molar-refractivity contribution in [3.63, 3.8) is 0 Å². The van der Waals surface area contributed by atoms with Gasteiger partial charge in [0, 0.05) is 6.04 Å². The van der Waals surface area contributed by atoms with Crippen LogP contribution in [0.1, 0.15) is 25.7 Å². The molecule has 98 valence electrons. The van der Waals surface area contributed by atoms with Gasteiger partial charge >= 0.3 is 0 Å². The van der Waals surface area contributed by atoms with Crippen LogP contribution in [0.4, 0.5) is 0 Å². The number of carbonyl (C=O) groups excluding carboxylic acids is 1. The monoisotopic (exact) mass is 289 g/mol. The average molecular weight is 290 g/mol. The van der Waals surface area contributed by atoms with Gasteiger partial charge in [-0.2, -0.15) is 0 Å². The van der Waals surface area contributed by atoms with Crippen LogP contribution in [0, 0.1) is 0 Å². The maximum atomic E-state index is 11.7. The second kappa shape index (κ2) is 5.71. The van der Waals surface area contributed by atoms with E-state index in [9.17, 15) is 9.59 Å². The van der Waals surface area contributed by atoms with Crippen molar-refractivity contribution in [1.82, 2.24) is 14.9 Å². The molecule has 0 saturated heterocycles. The quantitative estimate of drug-likeness (QED) is 0.860. The summed E-state index contributed by atoms with van der Waals surface area (Å²) in [6.45, 7) is -0.0841. The predicted octanol–water partition coefficient (Wildman–Crippen LogP) is 1.61. The van der Waals surface area contributed by atoms with Crippen LogP contribution in [-0.4, -0.2) is 21.5 Å². The van der Waals surface area contributed by atoms with Gasteiger partial charge in [-0.25, -0.2) is 4.98 Å². The Kier molecular flexibility index (Phi) is 4.24. The van der Waals surface area contributed by atoms with E-state index in [1.54, 1.807) is 0 Å². The van der Waals surface area contributed by atoms with Gasteiger partial charge in [0.05, 0.1) is 6.33 Å². The summed E-state index contributed by atoms with van der Waals surface area (Å²) in [5.41, 5.74) is -0.502. The lowest BCUT2D eigenvalue weighted by Crippen LogP contribution is -2.37.